The minimum atomic E-state index is 0.111. The fourth-order valence-electron chi connectivity index (χ4n) is 6.36. The summed E-state index contributed by atoms with van der Waals surface area (Å²) in [6, 6.07) is 12.4. The second kappa shape index (κ2) is 12.1. The molecule has 3 aromatic heterocycles. The second-order valence-corrected chi connectivity index (χ2v) is 11.5. The molecule has 0 bridgehead atoms. The van der Waals surface area contributed by atoms with Crippen molar-refractivity contribution in [2.75, 3.05) is 0 Å². The van der Waals surface area contributed by atoms with Crippen LogP contribution in [0.25, 0.3) is 22.5 Å². The van der Waals surface area contributed by atoms with E-state index in [0.717, 1.165) is 47.3 Å². The van der Waals surface area contributed by atoms with E-state index in [9.17, 15) is 4.79 Å². The van der Waals surface area contributed by atoms with Crippen LogP contribution in [0, 0.1) is 17.8 Å². The Labute approximate surface area is 230 Å². The third-order valence-corrected chi connectivity index (χ3v) is 8.50. The lowest BCUT2D eigenvalue weighted by molar-refractivity contribution is 0.188. The number of nitrogens with one attached hydrogen (secondary N) is 1. The predicted molar refractivity (Wildman–Crippen MR) is 154 cm³/mol. The zero-order chi connectivity index (χ0) is 27.4. The standard InChI is InChI=1S/C31H41N7O/c1-5-6-12-25-20-38(29-22(4)11-7-8-13-26(29)21(2)3)31(39)37(25)19-24-17-16-23(18-32-24)27-14-9-10-15-28(27)30-33-35-36-34-30/h9-10,14-18,20-22,26,29H,5-8,11-13,19H2,1-4H3,(H,33,34,35,36). The summed E-state index contributed by atoms with van der Waals surface area (Å²) in [5.74, 6) is 2.18. The van der Waals surface area contributed by atoms with E-state index < -0.39 is 0 Å². The van der Waals surface area contributed by atoms with E-state index in [1.165, 1.54) is 25.7 Å². The number of pyridine rings is 1. The van der Waals surface area contributed by atoms with Crippen molar-refractivity contribution >= 4 is 0 Å². The molecular weight excluding hydrogens is 486 g/mol. The molecule has 8 nitrogen and oxygen atoms in total. The van der Waals surface area contributed by atoms with E-state index in [2.05, 4.69) is 65.1 Å². The maximum absolute atomic E-state index is 14.0. The van der Waals surface area contributed by atoms with E-state index in [-0.39, 0.29) is 11.7 Å². The zero-order valence-corrected chi connectivity index (χ0v) is 23.7. The molecule has 1 fully saturated rings. The lowest BCUT2D eigenvalue weighted by atomic mass is 9.80. The van der Waals surface area contributed by atoms with Gasteiger partial charge in [-0.2, -0.15) is 0 Å². The minimum Gasteiger partial charge on any atom is -0.295 e. The van der Waals surface area contributed by atoms with Crippen molar-refractivity contribution in [3.8, 4) is 22.5 Å². The largest absolute Gasteiger partial charge is 0.328 e. The smallest absolute Gasteiger partial charge is 0.295 e. The van der Waals surface area contributed by atoms with Gasteiger partial charge in [-0.3, -0.25) is 14.1 Å². The number of hydrogen-bond donors (Lipinski definition) is 1. The van der Waals surface area contributed by atoms with Crippen molar-refractivity contribution in [1.82, 2.24) is 34.7 Å². The first kappa shape index (κ1) is 27.0. The Kier molecular flexibility index (Phi) is 8.38. The third kappa shape index (κ3) is 5.75. The Hall–Kier alpha value is -3.55. The SMILES string of the molecule is CCCCc1cn(C2C(C)CCCCC2C(C)C)c(=O)n1Cc1ccc(-c2ccccc2-c2nnn[nH]2)cn1. The van der Waals surface area contributed by atoms with Gasteiger partial charge in [0.15, 0.2) is 5.82 Å². The molecule has 1 aliphatic carbocycles. The second-order valence-electron chi connectivity index (χ2n) is 11.5. The maximum atomic E-state index is 14.0. The third-order valence-electron chi connectivity index (χ3n) is 8.50. The monoisotopic (exact) mass is 527 g/mol. The maximum Gasteiger partial charge on any atom is 0.328 e. The Morgan fingerprint density at radius 2 is 1.87 bits per heavy atom. The van der Waals surface area contributed by atoms with E-state index in [1.54, 1.807) is 0 Å². The normalized spacial score (nSPS) is 19.9. The van der Waals surface area contributed by atoms with Gasteiger partial charge >= 0.3 is 5.69 Å². The highest BCUT2D eigenvalue weighted by Crippen LogP contribution is 2.40. The number of tetrazole rings is 1. The van der Waals surface area contributed by atoms with Crippen LogP contribution in [0.3, 0.4) is 0 Å². The first-order chi connectivity index (χ1) is 19.0. The minimum absolute atomic E-state index is 0.111. The summed E-state index contributed by atoms with van der Waals surface area (Å²) >= 11 is 0. The average molecular weight is 528 g/mol. The van der Waals surface area contributed by atoms with Gasteiger partial charge in [0.1, 0.15) is 0 Å². The zero-order valence-electron chi connectivity index (χ0n) is 23.7. The topological polar surface area (TPSA) is 94.3 Å². The Balaban J connectivity index is 1.47. The van der Waals surface area contributed by atoms with Crippen molar-refractivity contribution in [3.05, 3.63) is 70.7 Å². The first-order valence-corrected chi connectivity index (χ1v) is 14.6. The van der Waals surface area contributed by atoms with Crippen molar-refractivity contribution < 1.29 is 0 Å². The number of imidazole rings is 1. The molecule has 0 spiro atoms. The summed E-state index contributed by atoms with van der Waals surface area (Å²) in [7, 11) is 0. The number of H-pyrrole nitrogens is 1. The molecule has 3 unspecified atom stereocenters. The molecule has 5 rings (SSSR count). The van der Waals surface area contributed by atoms with Gasteiger partial charge < -0.3 is 0 Å². The highest BCUT2D eigenvalue weighted by molar-refractivity contribution is 5.79. The van der Waals surface area contributed by atoms with Crippen LogP contribution in [0.4, 0.5) is 0 Å². The quantitative estimate of drug-likeness (QED) is 0.258. The molecule has 0 amide bonds. The Morgan fingerprint density at radius 3 is 2.56 bits per heavy atom. The molecule has 39 heavy (non-hydrogen) atoms. The number of rotatable bonds is 9. The van der Waals surface area contributed by atoms with Gasteiger partial charge in [0.05, 0.1) is 12.2 Å². The molecule has 3 heterocycles. The van der Waals surface area contributed by atoms with E-state index in [1.807, 2.05) is 41.1 Å². The van der Waals surface area contributed by atoms with Gasteiger partial charge in [0.25, 0.3) is 0 Å². The van der Waals surface area contributed by atoms with Gasteiger partial charge in [-0.25, -0.2) is 9.89 Å². The molecule has 1 N–H and O–H groups in total. The lowest BCUT2D eigenvalue weighted by Gasteiger charge is -2.33. The van der Waals surface area contributed by atoms with Gasteiger partial charge in [-0.15, -0.1) is 5.10 Å². The summed E-state index contributed by atoms with van der Waals surface area (Å²) in [6.07, 6.45) is 12.0. The van der Waals surface area contributed by atoms with Crippen LogP contribution in [0.5, 0.6) is 0 Å². The van der Waals surface area contributed by atoms with Gasteiger partial charge in [-0.1, -0.05) is 77.3 Å². The average Bonchev–Trinajstić information content (AvgIpc) is 3.53. The Morgan fingerprint density at radius 1 is 1.08 bits per heavy atom. The van der Waals surface area contributed by atoms with Crippen LogP contribution in [-0.4, -0.2) is 34.7 Å². The molecular formula is C31H41N7O. The number of aryl methyl sites for hydroxylation is 1. The number of hydrogen-bond acceptors (Lipinski definition) is 5. The van der Waals surface area contributed by atoms with Gasteiger partial charge in [-0.05, 0) is 65.5 Å². The summed E-state index contributed by atoms with van der Waals surface area (Å²) in [6.45, 7) is 9.66. The fraction of sp³-hybridized carbons (Fsp3) is 0.516. The molecule has 8 heteroatoms. The van der Waals surface area contributed by atoms with Crippen molar-refractivity contribution in [1.29, 1.82) is 0 Å². The van der Waals surface area contributed by atoms with Crippen LogP contribution >= 0.6 is 0 Å². The fourth-order valence-corrected chi connectivity index (χ4v) is 6.36. The number of aromatic amines is 1. The molecule has 1 saturated carbocycles. The number of aromatic nitrogens is 7. The van der Waals surface area contributed by atoms with E-state index in [0.29, 0.717) is 30.1 Å². The molecule has 1 aromatic carbocycles. The predicted octanol–water partition coefficient (Wildman–Crippen LogP) is 6.31. The summed E-state index contributed by atoms with van der Waals surface area (Å²) in [5.41, 5.74) is 5.02. The summed E-state index contributed by atoms with van der Waals surface area (Å²) in [5, 5.41) is 14.4. The number of unbranched alkanes of at least 4 members (excludes halogenated alkanes) is 1. The van der Waals surface area contributed by atoms with Crippen LogP contribution in [0.15, 0.2) is 53.6 Å². The molecule has 0 aliphatic heterocycles. The van der Waals surface area contributed by atoms with Crippen molar-refractivity contribution in [2.24, 2.45) is 17.8 Å². The van der Waals surface area contributed by atoms with Crippen molar-refractivity contribution in [2.45, 2.75) is 85.2 Å². The van der Waals surface area contributed by atoms with Crippen molar-refractivity contribution in [3.63, 3.8) is 0 Å². The Bertz CT molecular complexity index is 1400. The van der Waals surface area contributed by atoms with Crippen LogP contribution in [-0.2, 0) is 13.0 Å². The number of nitrogens with zero attached hydrogens (tertiary/aromatic N) is 6. The molecule has 0 saturated heterocycles. The molecule has 4 aromatic rings. The molecule has 3 atom stereocenters. The summed E-state index contributed by atoms with van der Waals surface area (Å²) < 4.78 is 4.07. The van der Waals surface area contributed by atoms with Crippen LogP contribution in [0.2, 0.25) is 0 Å². The highest BCUT2D eigenvalue weighted by Gasteiger charge is 2.34. The lowest BCUT2D eigenvalue weighted by Crippen LogP contribution is -2.35. The van der Waals surface area contributed by atoms with E-state index >= 15 is 0 Å². The van der Waals surface area contributed by atoms with Gasteiger partial charge in [0, 0.05) is 35.3 Å². The van der Waals surface area contributed by atoms with Crippen LogP contribution in [0.1, 0.15) is 83.6 Å². The van der Waals surface area contributed by atoms with Gasteiger partial charge in [0.2, 0.25) is 0 Å². The highest BCUT2D eigenvalue weighted by atomic mass is 16.1. The molecule has 1 aliphatic rings. The first-order valence-electron chi connectivity index (χ1n) is 14.6. The van der Waals surface area contributed by atoms with E-state index in [4.69, 9.17) is 4.98 Å². The van der Waals surface area contributed by atoms with Crippen LogP contribution < -0.4 is 5.69 Å². The number of benzene rings is 1. The summed E-state index contributed by atoms with van der Waals surface area (Å²) in [4.78, 5) is 18.8. The molecule has 0 radical (unpaired) electrons. The molecule has 206 valence electrons.